The van der Waals surface area contributed by atoms with Crippen molar-refractivity contribution in [2.45, 2.75) is 5.92 Å². The Morgan fingerprint density at radius 2 is 2.12 bits per heavy atom. The van der Waals surface area contributed by atoms with E-state index in [4.69, 9.17) is 15.9 Å². The summed E-state index contributed by atoms with van der Waals surface area (Å²) in [4.78, 5) is 27.9. The molecule has 0 saturated carbocycles. The molecule has 0 bridgehead atoms. The predicted octanol–water partition coefficient (Wildman–Crippen LogP) is 2.43. The third-order valence-corrected chi connectivity index (χ3v) is 5.08. The first-order valence-corrected chi connectivity index (χ1v) is 8.67. The molecule has 1 amide bonds. The topological polar surface area (TPSA) is 106 Å². The Bertz CT molecular complexity index is 814. The highest BCUT2D eigenvalue weighted by atomic mass is 32.2. The van der Waals surface area contributed by atoms with Crippen molar-refractivity contribution < 1.29 is 14.3 Å². The van der Waals surface area contributed by atoms with Gasteiger partial charge in [-0.1, -0.05) is 23.9 Å². The molecule has 1 aliphatic rings. The number of hydrogen-bond acceptors (Lipinski definition) is 7. The monoisotopic (exact) mass is 359 g/mol. The summed E-state index contributed by atoms with van der Waals surface area (Å²) in [5.74, 6) is -0.705. The van der Waals surface area contributed by atoms with Crippen LogP contribution in [0, 0.1) is 5.41 Å². The number of ether oxygens (including phenoxy) is 1. The van der Waals surface area contributed by atoms with Gasteiger partial charge in [0.25, 0.3) is 5.91 Å². The second-order valence-corrected chi connectivity index (χ2v) is 6.98. The second kappa shape index (κ2) is 6.98. The summed E-state index contributed by atoms with van der Waals surface area (Å²) in [6.07, 6.45) is 3.38. The SMILES string of the molecule is N=C1S/C(=C\c2ccc(OCC(N)=O)cc2)C(=O)[C@@H]1c1nccs1. The molecule has 3 N–H and O–H groups in total. The fraction of sp³-hybridized carbons (Fsp3) is 0.125. The van der Waals surface area contributed by atoms with E-state index in [0.29, 0.717) is 20.7 Å². The molecule has 0 radical (unpaired) electrons. The van der Waals surface area contributed by atoms with Crippen molar-refractivity contribution in [2.75, 3.05) is 6.61 Å². The number of thiazole rings is 1. The van der Waals surface area contributed by atoms with Crippen LogP contribution in [-0.2, 0) is 9.59 Å². The number of nitrogens with one attached hydrogen (secondary N) is 1. The van der Waals surface area contributed by atoms with Gasteiger partial charge >= 0.3 is 0 Å². The first kappa shape index (κ1) is 16.4. The van der Waals surface area contributed by atoms with Crippen LogP contribution in [0.2, 0.25) is 0 Å². The molecular weight excluding hydrogens is 346 g/mol. The lowest BCUT2D eigenvalue weighted by molar-refractivity contribution is -0.120. The number of nitrogens with two attached hydrogens (primary N) is 1. The van der Waals surface area contributed by atoms with Gasteiger partial charge in [0, 0.05) is 11.6 Å². The maximum absolute atomic E-state index is 12.5. The summed E-state index contributed by atoms with van der Waals surface area (Å²) in [5, 5.41) is 10.8. The first-order valence-electron chi connectivity index (χ1n) is 6.97. The van der Waals surface area contributed by atoms with Gasteiger partial charge in [0.2, 0.25) is 0 Å². The van der Waals surface area contributed by atoms with Crippen LogP contribution in [0.25, 0.3) is 6.08 Å². The van der Waals surface area contributed by atoms with Crippen molar-refractivity contribution >= 4 is 45.9 Å². The molecule has 1 aliphatic heterocycles. The van der Waals surface area contributed by atoms with Crippen LogP contribution < -0.4 is 10.5 Å². The molecule has 0 unspecified atom stereocenters. The molecule has 0 spiro atoms. The van der Waals surface area contributed by atoms with Crippen LogP contribution in [0.15, 0.2) is 40.7 Å². The molecule has 1 aromatic carbocycles. The van der Waals surface area contributed by atoms with Crippen LogP contribution in [0.1, 0.15) is 16.5 Å². The summed E-state index contributed by atoms with van der Waals surface area (Å²) in [6, 6.07) is 6.95. The number of rotatable bonds is 5. The summed E-state index contributed by atoms with van der Waals surface area (Å²) >= 11 is 2.54. The Morgan fingerprint density at radius 1 is 1.38 bits per heavy atom. The van der Waals surface area contributed by atoms with E-state index < -0.39 is 11.8 Å². The molecule has 6 nitrogen and oxygen atoms in total. The van der Waals surface area contributed by atoms with E-state index in [2.05, 4.69) is 4.98 Å². The van der Waals surface area contributed by atoms with Crippen LogP contribution in [0.5, 0.6) is 5.75 Å². The normalized spacial score (nSPS) is 19.0. The number of Topliss-reactive ketones (excluding diaryl/α,β-unsaturated/α-hetero) is 1. The number of aromatic nitrogens is 1. The highest BCUT2D eigenvalue weighted by molar-refractivity contribution is 8.19. The van der Waals surface area contributed by atoms with Crippen molar-refractivity contribution in [3.63, 3.8) is 0 Å². The smallest absolute Gasteiger partial charge is 0.255 e. The highest BCUT2D eigenvalue weighted by Gasteiger charge is 2.38. The predicted molar refractivity (Wildman–Crippen MR) is 94.3 cm³/mol. The van der Waals surface area contributed by atoms with Gasteiger partial charge in [-0.2, -0.15) is 0 Å². The molecule has 3 rings (SSSR count). The van der Waals surface area contributed by atoms with Crippen LogP contribution in [0.4, 0.5) is 0 Å². The standard InChI is InChI=1S/C16H13N3O3S2/c17-12(20)8-22-10-3-1-9(2-4-10)7-11-14(21)13(15(18)24-11)16-19-5-6-23-16/h1-7,13,18H,8H2,(H2,17,20)/b11-7-,18-15?/t13-/m0/s1. The summed E-state index contributed by atoms with van der Waals surface area (Å²) in [5.41, 5.74) is 5.83. The Balaban J connectivity index is 1.76. The molecule has 24 heavy (non-hydrogen) atoms. The van der Waals surface area contributed by atoms with Gasteiger partial charge in [-0.15, -0.1) is 11.3 Å². The van der Waals surface area contributed by atoms with Gasteiger partial charge in [0.05, 0.1) is 9.95 Å². The summed E-state index contributed by atoms with van der Waals surface area (Å²) in [6.45, 7) is -0.179. The van der Waals surface area contributed by atoms with Crippen molar-refractivity contribution in [2.24, 2.45) is 5.73 Å². The van der Waals surface area contributed by atoms with E-state index in [9.17, 15) is 9.59 Å². The van der Waals surface area contributed by atoms with Crippen LogP contribution in [0.3, 0.4) is 0 Å². The molecule has 1 fully saturated rings. The number of carbonyl (C=O) groups is 2. The van der Waals surface area contributed by atoms with Gasteiger partial charge in [-0.25, -0.2) is 4.98 Å². The molecule has 1 saturated heterocycles. The Morgan fingerprint density at radius 3 is 2.75 bits per heavy atom. The number of benzene rings is 1. The summed E-state index contributed by atoms with van der Waals surface area (Å²) < 4.78 is 5.19. The van der Waals surface area contributed by atoms with E-state index in [1.807, 2.05) is 0 Å². The molecule has 2 aromatic rings. The average molecular weight is 359 g/mol. The van der Waals surface area contributed by atoms with E-state index in [1.165, 1.54) is 11.3 Å². The quantitative estimate of drug-likeness (QED) is 0.798. The van der Waals surface area contributed by atoms with Crippen molar-refractivity contribution in [3.8, 4) is 5.75 Å². The number of allylic oxidation sites excluding steroid dienone is 1. The first-order chi connectivity index (χ1) is 11.5. The van der Waals surface area contributed by atoms with E-state index in [1.54, 1.807) is 41.9 Å². The molecule has 122 valence electrons. The fourth-order valence-electron chi connectivity index (χ4n) is 2.16. The van der Waals surface area contributed by atoms with Crippen molar-refractivity contribution in [1.29, 1.82) is 5.41 Å². The number of primary amides is 1. The third kappa shape index (κ3) is 3.55. The minimum Gasteiger partial charge on any atom is -0.484 e. The van der Waals surface area contributed by atoms with E-state index >= 15 is 0 Å². The van der Waals surface area contributed by atoms with Crippen molar-refractivity contribution in [3.05, 3.63) is 51.3 Å². The zero-order valence-electron chi connectivity index (χ0n) is 12.4. The number of carbonyl (C=O) groups excluding carboxylic acids is 2. The van der Waals surface area contributed by atoms with Gasteiger partial charge in [-0.05, 0) is 23.8 Å². The number of ketones is 1. The zero-order chi connectivity index (χ0) is 17.1. The summed E-state index contributed by atoms with van der Waals surface area (Å²) in [7, 11) is 0. The third-order valence-electron chi connectivity index (χ3n) is 3.24. The second-order valence-electron chi connectivity index (χ2n) is 4.97. The molecule has 1 atom stereocenters. The number of hydrogen-bond donors (Lipinski definition) is 2. The molecule has 2 heterocycles. The lowest BCUT2D eigenvalue weighted by Gasteiger charge is -2.04. The highest BCUT2D eigenvalue weighted by Crippen LogP contribution is 2.41. The maximum Gasteiger partial charge on any atom is 0.255 e. The minimum absolute atomic E-state index is 0.103. The minimum atomic E-state index is -0.584. The number of nitrogens with zero attached hydrogens (tertiary/aromatic N) is 1. The molecular formula is C16H13N3O3S2. The zero-order valence-corrected chi connectivity index (χ0v) is 14.0. The molecule has 1 aromatic heterocycles. The van der Waals surface area contributed by atoms with E-state index in [-0.39, 0.29) is 12.4 Å². The average Bonchev–Trinajstić information content (AvgIpc) is 3.15. The molecule has 0 aliphatic carbocycles. The van der Waals surface area contributed by atoms with Gasteiger partial charge in [-0.3, -0.25) is 15.0 Å². The largest absolute Gasteiger partial charge is 0.484 e. The van der Waals surface area contributed by atoms with Gasteiger partial charge < -0.3 is 10.5 Å². The number of thioether (sulfide) groups is 1. The van der Waals surface area contributed by atoms with E-state index in [0.717, 1.165) is 17.3 Å². The lowest BCUT2D eigenvalue weighted by Crippen LogP contribution is -2.19. The maximum atomic E-state index is 12.5. The van der Waals surface area contributed by atoms with Crippen molar-refractivity contribution in [1.82, 2.24) is 4.98 Å². The lowest BCUT2D eigenvalue weighted by atomic mass is 10.1. The van der Waals surface area contributed by atoms with Gasteiger partial charge in [0.15, 0.2) is 12.4 Å². The molecule has 8 heteroatoms. The van der Waals surface area contributed by atoms with Gasteiger partial charge in [0.1, 0.15) is 16.7 Å². The van der Waals surface area contributed by atoms with Crippen LogP contribution in [-0.4, -0.2) is 28.3 Å². The number of amides is 1. The Kier molecular flexibility index (Phi) is 4.77. The Hall–Kier alpha value is -2.45. The fourth-order valence-corrected chi connectivity index (χ4v) is 3.96. The van der Waals surface area contributed by atoms with Crippen LogP contribution >= 0.6 is 23.1 Å². The Labute approximate surface area is 146 Å².